The Hall–Kier alpha value is -0.600. The first kappa shape index (κ1) is 11.9. The van der Waals surface area contributed by atoms with Gasteiger partial charge in [-0.2, -0.15) is 0 Å². The summed E-state index contributed by atoms with van der Waals surface area (Å²) in [6, 6.07) is 4.76. The molecule has 0 bridgehead atoms. The summed E-state index contributed by atoms with van der Waals surface area (Å²) in [4.78, 5) is 2.35. The third kappa shape index (κ3) is 2.96. The van der Waals surface area contributed by atoms with Gasteiger partial charge in [-0.1, -0.05) is 25.4 Å². The van der Waals surface area contributed by atoms with Crippen LogP contribution in [0.2, 0.25) is 5.02 Å². The molecule has 0 aliphatic carbocycles. The van der Waals surface area contributed by atoms with E-state index in [2.05, 4.69) is 18.7 Å². The van der Waals surface area contributed by atoms with Crippen LogP contribution >= 0.6 is 11.6 Å². The molecular weight excluding hydrogens is 225 g/mol. The van der Waals surface area contributed by atoms with E-state index in [1.165, 1.54) is 12.5 Å². The second-order valence-electron chi connectivity index (χ2n) is 5.40. The highest BCUT2D eigenvalue weighted by atomic mass is 35.5. The van der Waals surface area contributed by atoms with Crippen molar-refractivity contribution in [3.63, 3.8) is 0 Å². The molecule has 1 fully saturated rings. The van der Waals surface area contributed by atoms with Gasteiger partial charge in [-0.3, -0.25) is 4.90 Å². The molecule has 1 saturated heterocycles. The lowest BCUT2D eigenvalue weighted by Gasteiger charge is -2.19. The maximum Gasteiger partial charge on any atom is 0.125 e. The molecule has 1 heterocycles. The van der Waals surface area contributed by atoms with Crippen molar-refractivity contribution in [2.75, 3.05) is 13.1 Å². The van der Waals surface area contributed by atoms with Gasteiger partial charge in [0.05, 0.1) is 0 Å². The summed E-state index contributed by atoms with van der Waals surface area (Å²) in [7, 11) is 0. The lowest BCUT2D eigenvalue weighted by atomic mass is 9.93. The van der Waals surface area contributed by atoms with E-state index in [0.717, 1.165) is 25.2 Å². The Morgan fingerprint density at radius 2 is 2.12 bits per heavy atom. The van der Waals surface area contributed by atoms with E-state index in [0.29, 0.717) is 10.4 Å². The molecular formula is C13H17ClFN. The highest BCUT2D eigenvalue weighted by molar-refractivity contribution is 6.30. The third-order valence-corrected chi connectivity index (χ3v) is 3.30. The molecule has 16 heavy (non-hydrogen) atoms. The van der Waals surface area contributed by atoms with Crippen molar-refractivity contribution in [2.24, 2.45) is 5.41 Å². The van der Waals surface area contributed by atoms with Gasteiger partial charge in [-0.25, -0.2) is 4.39 Å². The molecule has 1 aromatic rings. The highest BCUT2D eigenvalue weighted by Crippen LogP contribution is 2.30. The van der Waals surface area contributed by atoms with Crippen molar-refractivity contribution < 1.29 is 4.39 Å². The number of hydrogen-bond donors (Lipinski definition) is 0. The van der Waals surface area contributed by atoms with Crippen LogP contribution in [-0.4, -0.2) is 18.0 Å². The van der Waals surface area contributed by atoms with E-state index in [1.54, 1.807) is 6.07 Å². The monoisotopic (exact) mass is 241 g/mol. The lowest BCUT2D eigenvalue weighted by molar-refractivity contribution is 0.284. The molecule has 1 nitrogen and oxygen atoms in total. The Morgan fingerprint density at radius 3 is 2.69 bits per heavy atom. The Balaban J connectivity index is 2.05. The van der Waals surface area contributed by atoms with Crippen LogP contribution in [0.15, 0.2) is 18.2 Å². The average Bonchev–Trinajstić information content (AvgIpc) is 2.43. The van der Waals surface area contributed by atoms with Crippen LogP contribution in [0.1, 0.15) is 25.8 Å². The van der Waals surface area contributed by atoms with Gasteiger partial charge in [-0.05, 0) is 42.1 Å². The second-order valence-corrected chi connectivity index (χ2v) is 5.84. The Labute approximate surface area is 101 Å². The predicted molar refractivity (Wildman–Crippen MR) is 65.1 cm³/mol. The highest BCUT2D eigenvalue weighted by Gasteiger charge is 2.28. The number of benzene rings is 1. The van der Waals surface area contributed by atoms with Gasteiger partial charge < -0.3 is 0 Å². The maximum absolute atomic E-state index is 13.2. The fraction of sp³-hybridized carbons (Fsp3) is 0.538. The number of hydrogen-bond acceptors (Lipinski definition) is 1. The summed E-state index contributed by atoms with van der Waals surface area (Å²) in [5, 5.41) is 0.480. The van der Waals surface area contributed by atoms with Gasteiger partial charge in [0, 0.05) is 18.1 Å². The van der Waals surface area contributed by atoms with Crippen LogP contribution in [0.5, 0.6) is 0 Å². The molecule has 0 aromatic heterocycles. The molecule has 0 atom stereocenters. The first-order valence-corrected chi connectivity index (χ1v) is 6.00. The fourth-order valence-corrected chi connectivity index (χ4v) is 2.56. The van der Waals surface area contributed by atoms with E-state index >= 15 is 0 Å². The van der Waals surface area contributed by atoms with Gasteiger partial charge in [0.2, 0.25) is 0 Å². The van der Waals surface area contributed by atoms with Gasteiger partial charge >= 0.3 is 0 Å². The van der Waals surface area contributed by atoms with Crippen molar-refractivity contribution in [1.82, 2.24) is 4.90 Å². The molecule has 0 unspecified atom stereocenters. The van der Waals surface area contributed by atoms with Crippen molar-refractivity contribution >= 4 is 11.6 Å². The minimum absolute atomic E-state index is 0.249. The minimum atomic E-state index is -0.249. The molecule has 0 N–H and O–H groups in total. The molecule has 2 rings (SSSR count). The fourth-order valence-electron chi connectivity index (χ4n) is 2.32. The first-order chi connectivity index (χ1) is 7.44. The van der Waals surface area contributed by atoms with Gasteiger partial charge in [-0.15, -0.1) is 0 Å². The van der Waals surface area contributed by atoms with Gasteiger partial charge in [0.25, 0.3) is 0 Å². The molecule has 0 amide bonds. The second kappa shape index (κ2) is 4.34. The molecule has 1 aliphatic rings. The first-order valence-electron chi connectivity index (χ1n) is 5.62. The summed E-state index contributed by atoms with van der Waals surface area (Å²) in [5.41, 5.74) is 1.35. The van der Waals surface area contributed by atoms with Crippen LogP contribution in [0.4, 0.5) is 4.39 Å². The summed E-state index contributed by atoms with van der Waals surface area (Å²) in [6.07, 6.45) is 1.20. The maximum atomic E-state index is 13.2. The molecule has 1 aromatic carbocycles. The summed E-state index contributed by atoms with van der Waals surface area (Å²) >= 11 is 5.83. The van der Waals surface area contributed by atoms with Crippen LogP contribution in [-0.2, 0) is 6.54 Å². The largest absolute Gasteiger partial charge is 0.299 e. The normalized spacial score (nSPS) is 20.2. The van der Waals surface area contributed by atoms with Crippen LogP contribution < -0.4 is 0 Å². The van der Waals surface area contributed by atoms with E-state index in [9.17, 15) is 4.39 Å². The minimum Gasteiger partial charge on any atom is -0.299 e. The van der Waals surface area contributed by atoms with Gasteiger partial charge in [0.15, 0.2) is 0 Å². The molecule has 0 radical (unpaired) electrons. The summed E-state index contributed by atoms with van der Waals surface area (Å²) in [6.45, 7) is 7.49. The molecule has 0 spiro atoms. The van der Waals surface area contributed by atoms with Crippen LogP contribution in [0.25, 0.3) is 0 Å². The molecule has 3 heteroatoms. The zero-order valence-corrected chi connectivity index (χ0v) is 10.5. The average molecular weight is 242 g/mol. The van der Waals surface area contributed by atoms with Crippen LogP contribution in [0.3, 0.4) is 0 Å². The quantitative estimate of drug-likeness (QED) is 0.763. The van der Waals surface area contributed by atoms with Crippen molar-refractivity contribution in [1.29, 1.82) is 0 Å². The van der Waals surface area contributed by atoms with E-state index in [4.69, 9.17) is 11.6 Å². The Bertz CT molecular complexity index is 369. The van der Waals surface area contributed by atoms with Crippen molar-refractivity contribution in [2.45, 2.75) is 26.8 Å². The number of nitrogens with zero attached hydrogens (tertiary/aromatic N) is 1. The number of likely N-dealkylation sites (tertiary alicyclic amines) is 1. The SMILES string of the molecule is CC1(C)CCN(Cc2cc(F)cc(Cl)c2)C1. The van der Waals surface area contributed by atoms with E-state index in [1.807, 2.05) is 6.07 Å². The van der Waals surface area contributed by atoms with Crippen LogP contribution in [0, 0.1) is 11.2 Å². The third-order valence-electron chi connectivity index (χ3n) is 3.08. The molecule has 0 saturated carbocycles. The molecule has 88 valence electrons. The lowest BCUT2D eigenvalue weighted by Crippen LogP contribution is -2.22. The topological polar surface area (TPSA) is 3.24 Å². The Kier molecular flexibility index (Phi) is 3.22. The summed E-state index contributed by atoms with van der Waals surface area (Å²) < 4.78 is 13.2. The van der Waals surface area contributed by atoms with E-state index < -0.39 is 0 Å². The van der Waals surface area contributed by atoms with Crippen molar-refractivity contribution in [3.05, 3.63) is 34.6 Å². The summed E-state index contributed by atoms with van der Waals surface area (Å²) in [5.74, 6) is -0.249. The molecule has 1 aliphatic heterocycles. The van der Waals surface area contributed by atoms with E-state index in [-0.39, 0.29) is 5.82 Å². The zero-order chi connectivity index (χ0) is 11.8. The zero-order valence-electron chi connectivity index (χ0n) is 9.76. The van der Waals surface area contributed by atoms with Crippen molar-refractivity contribution in [3.8, 4) is 0 Å². The standard InChI is InChI=1S/C13H17ClFN/c1-13(2)3-4-16(9-13)8-10-5-11(14)7-12(15)6-10/h5-7H,3-4,8-9H2,1-2H3. The smallest absolute Gasteiger partial charge is 0.125 e. The Morgan fingerprint density at radius 1 is 1.38 bits per heavy atom. The predicted octanol–water partition coefficient (Wildman–Crippen LogP) is 3.71. The number of halogens is 2. The van der Waals surface area contributed by atoms with Gasteiger partial charge in [0.1, 0.15) is 5.82 Å². The number of rotatable bonds is 2.